The molecule has 1 N–H and O–H groups in total. The summed E-state index contributed by atoms with van der Waals surface area (Å²) >= 11 is 2.22. The van der Waals surface area contributed by atoms with Crippen molar-refractivity contribution in [3.8, 4) is 11.5 Å². The van der Waals surface area contributed by atoms with E-state index in [0.29, 0.717) is 12.4 Å². The molecule has 0 spiro atoms. The normalized spacial score (nSPS) is 11.6. The molecule has 5 heteroatoms. The molecule has 1 unspecified atom stereocenters. The minimum atomic E-state index is -0.586. The van der Waals surface area contributed by atoms with Crippen molar-refractivity contribution in [1.29, 1.82) is 0 Å². The molecule has 0 radical (unpaired) electrons. The topological polar surface area (TPSA) is 47.6 Å². The fourth-order valence-electron chi connectivity index (χ4n) is 1.82. The molecule has 0 aliphatic heterocycles. The van der Waals surface area contributed by atoms with Gasteiger partial charge in [-0.05, 0) is 85.0 Å². The molecule has 4 nitrogen and oxygen atoms in total. The lowest BCUT2D eigenvalue weighted by Crippen LogP contribution is -2.30. The Balaban J connectivity index is 1.91. The van der Waals surface area contributed by atoms with E-state index >= 15 is 0 Å². The summed E-state index contributed by atoms with van der Waals surface area (Å²) in [7, 11) is 0. The third kappa shape index (κ3) is 4.91. The van der Waals surface area contributed by atoms with Gasteiger partial charge in [0.2, 0.25) is 0 Å². The third-order valence-corrected chi connectivity index (χ3v) is 3.65. The van der Waals surface area contributed by atoms with Gasteiger partial charge in [-0.3, -0.25) is 4.79 Å². The van der Waals surface area contributed by atoms with E-state index in [1.54, 1.807) is 19.1 Å². The summed E-state index contributed by atoms with van der Waals surface area (Å²) in [6.07, 6.45) is -0.586. The molecule has 1 amide bonds. The lowest BCUT2D eigenvalue weighted by atomic mass is 10.3. The van der Waals surface area contributed by atoms with Crippen molar-refractivity contribution in [3.05, 3.63) is 52.1 Å². The highest BCUT2D eigenvalue weighted by Crippen LogP contribution is 2.19. The maximum atomic E-state index is 12.1. The summed E-state index contributed by atoms with van der Waals surface area (Å²) in [6, 6.07) is 14.8. The van der Waals surface area contributed by atoms with Gasteiger partial charge in [-0.15, -0.1) is 0 Å². The molecular formula is C17H18INO3. The second-order valence-electron chi connectivity index (χ2n) is 4.66. The van der Waals surface area contributed by atoms with Crippen LogP contribution in [-0.4, -0.2) is 18.6 Å². The lowest BCUT2D eigenvalue weighted by Gasteiger charge is -2.15. The van der Waals surface area contributed by atoms with Crippen LogP contribution in [0.5, 0.6) is 11.5 Å². The minimum Gasteiger partial charge on any atom is -0.494 e. The fourth-order valence-corrected chi connectivity index (χ4v) is 2.18. The van der Waals surface area contributed by atoms with Crippen LogP contribution in [0.3, 0.4) is 0 Å². The maximum absolute atomic E-state index is 12.1. The van der Waals surface area contributed by atoms with Crippen molar-refractivity contribution in [2.24, 2.45) is 0 Å². The summed E-state index contributed by atoms with van der Waals surface area (Å²) < 4.78 is 12.1. The van der Waals surface area contributed by atoms with Gasteiger partial charge in [-0.1, -0.05) is 0 Å². The summed E-state index contributed by atoms with van der Waals surface area (Å²) in [4.78, 5) is 12.1. The molecule has 1 atom stereocenters. The second kappa shape index (κ2) is 8.03. The average molecular weight is 411 g/mol. The van der Waals surface area contributed by atoms with Crippen LogP contribution in [0.15, 0.2) is 48.5 Å². The van der Waals surface area contributed by atoms with Crippen LogP contribution in [0.25, 0.3) is 0 Å². The van der Waals surface area contributed by atoms with Crippen molar-refractivity contribution in [3.63, 3.8) is 0 Å². The van der Waals surface area contributed by atoms with Gasteiger partial charge in [-0.2, -0.15) is 0 Å². The second-order valence-corrected chi connectivity index (χ2v) is 5.91. The summed E-state index contributed by atoms with van der Waals surface area (Å²) in [6.45, 7) is 4.27. The van der Waals surface area contributed by atoms with Crippen molar-refractivity contribution in [1.82, 2.24) is 0 Å². The van der Waals surface area contributed by atoms with Crippen LogP contribution in [0.1, 0.15) is 13.8 Å². The van der Waals surface area contributed by atoms with Crippen molar-refractivity contribution < 1.29 is 14.3 Å². The number of benzene rings is 2. The molecule has 0 saturated heterocycles. The Hall–Kier alpha value is -1.76. The third-order valence-electron chi connectivity index (χ3n) is 2.93. The van der Waals surface area contributed by atoms with Crippen molar-refractivity contribution in [2.45, 2.75) is 20.0 Å². The highest BCUT2D eigenvalue weighted by Gasteiger charge is 2.14. The maximum Gasteiger partial charge on any atom is 0.265 e. The Kier molecular flexibility index (Phi) is 6.06. The monoisotopic (exact) mass is 411 g/mol. The molecule has 0 bridgehead atoms. The molecule has 22 heavy (non-hydrogen) atoms. The first-order chi connectivity index (χ1) is 10.6. The highest BCUT2D eigenvalue weighted by molar-refractivity contribution is 14.1. The predicted molar refractivity (Wildman–Crippen MR) is 95.5 cm³/mol. The highest BCUT2D eigenvalue weighted by atomic mass is 127. The Morgan fingerprint density at radius 2 is 1.68 bits per heavy atom. The van der Waals surface area contributed by atoms with Gasteiger partial charge in [0.05, 0.1) is 6.61 Å². The van der Waals surface area contributed by atoms with Gasteiger partial charge < -0.3 is 14.8 Å². The van der Waals surface area contributed by atoms with Gasteiger partial charge >= 0.3 is 0 Å². The van der Waals surface area contributed by atoms with Crippen LogP contribution in [0.4, 0.5) is 5.69 Å². The molecule has 2 rings (SSSR count). The van der Waals surface area contributed by atoms with Gasteiger partial charge in [0.25, 0.3) is 5.91 Å². The summed E-state index contributed by atoms with van der Waals surface area (Å²) in [5.41, 5.74) is 0.757. The SMILES string of the molecule is CCOc1ccc(OC(C)C(=O)Nc2ccc(I)cc2)cc1. The van der Waals surface area contributed by atoms with Crippen LogP contribution in [0.2, 0.25) is 0 Å². The molecule has 0 aliphatic rings. The molecule has 0 aromatic heterocycles. The summed E-state index contributed by atoms with van der Waals surface area (Å²) in [5, 5.41) is 2.83. The number of amides is 1. The van der Waals surface area contributed by atoms with E-state index in [-0.39, 0.29) is 5.91 Å². The lowest BCUT2D eigenvalue weighted by molar-refractivity contribution is -0.122. The van der Waals surface area contributed by atoms with Crippen molar-refractivity contribution >= 4 is 34.2 Å². The number of carbonyl (C=O) groups is 1. The Morgan fingerprint density at radius 1 is 1.09 bits per heavy atom. The molecule has 2 aromatic rings. The van der Waals surface area contributed by atoms with E-state index < -0.39 is 6.10 Å². The van der Waals surface area contributed by atoms with Gasteiger partial charge in [0.15, 0.2) is 6.10 Å². The zero-order valence-electron chi connectivity index (χ0n) is 12.5. The first-order valence-electron chi connectivity index (χ1n) is 7.04. The van der Waals surface area contributed by atoms with Crippen molar-refractivity contribution in [2.75, 3.05) is 11.9 Å². The van der Waals surface area contributed by atoms with E-state index in [9.17, 15) is 4.79 Å². The predicted octanol–water partition coefficient (Wildman–Crippen LogP) is 4.10. The largest absolute Gasteiger partial charge is 0.494 e. The number of nitrogens with one attached hydrogen (secondary N) is 1. The van der Waals surface area contributed by atoms with Gasteiger partial charge in [0.1, 0.15) is 11.5 Å². The zero-order valence-corrected chi connectivity index (χ0v) is 14.7. The number of rotatable bonds is 6. The van der Waals surface area contributed by atoms with Crippen LogP contribution in [-0.2, 0) is 4.79 Å². The van der Waals surface area contributed by atoms with Gasteiger partial charge in [0, 0.05) is 9.26 Å². The molecular weight excluding hydrogens is 393 g/mol. The number of carbonyl (C=O) groups excluding carboxylic acids is 1. The standard InChI is InChI=1S/C17H18INO3/c1-3-21-15-8-10-16(11-9-15)22-12(2)17(20)19-14-6-4-13(18)5-7-14/h4-12H,3H2,1-2H3,(H,19,20). The average Bonchev–Trinajstić information content (AvgIpc) is 2.51. The number of hydrogen-bond acceptors (Lipinski definition) is 3. The fraction of sp³-hybridized carbons (Fsp3) is 0.235. The molecule has 116 valence electrons. The van der Waals surface area contributed by atoms with Crippen LogP contribution in [0, 0.1) is 3.57 Å². The molecule has 0 heterocycles. The van der Waals surface area contributed by atoms with Gasteiger partial charge in [-0.25, -0.2) is 0 Å². The Bertz CT molecular complexity index is 611. The molecule has 0 fully saturated rings. The number of ether oxygens (including phenoxy) is 2. The number of anilines is 1. The first-order valence-corrected chi connectivity index (χ1v) is 8.12. The summed E-state index contributed by atoms with van der Waals surface area (Å²) in [5.74, 6) is 1.23. The van der Waals surface area contributed by atoms with E-state index in [2.05, 4.69) is 27.9 Å². The minimum absolute atomic E-state index is 0.185. The quantitative estimate of drug-likeness (QED) is 0.729. The number of hydrogen-bond donors (Lipinski definition) is 1. The molecule has 2 aromatic carbocycles. The van der Waals surface area contributed by atoms with Crippen LogP contribution < -0.4 is 14.8 Å². The Morgan fingerprint density at radius 3 is 2.27 bits per heavy atom. The van der Waals surface area contributed by atoms with E-state index in [4.69, 9.17) is 9.47 Å². The number of halogens is 1. The zero-order chi connectivity index (χ0) is 15.9. The van der Waals surface area contributed by atoms with E-state index in [0.717, 1.165) is 15.0 Å². The van der Waals surface area contributed by atoms with E-state index in [1.165, 1.54) is 0 Å². The smallest absolute Gasteiger partial charge is 0.265 e. The Labute approximate surface area is 144 Å². The first kappa shape index (κ1) is 16.6. The molecule has 0 aliphatic carbocycles. The molecule has 0 saturated carbocycles. The van der Waals surface area contributed by atoms with E-state index in [1.807, 2.05) is 43.3 Å². The van der Waals surface area contributed by atoms with Crippen LogP contribution >= 0.6 is 22.6 Å².